The number of fused-ring (bicyclic) bond motifs is 1. The summed E-state index contributed by atoms with van der Waals surface area (Å²) in [4.78, 5) is 0. The summed E-state index contributed by atoms with van der Waals surface area (Å²) in [6.45, 7) is 4.95. The summed E-state index contributed by atoms with van der Waals surface area (Å²) in [5.41, 5.74) is 4.62. The second-order valence-electron chi connectivity index (χ2n) is 5.66. The molecular formula is C18H20ClNO. The summed E-state index contributed by atoms with van der Waals surface area (Å²) in [5.74, 6) is 1.02. The molecule has 1 atom stereocenters. The van der Waals surface area contributed by atoms with Crippen LogP contribution in [0.25, 0.3) is 0 Å². The standard InChI is InChI=1S/C18H20ClNO/c1-12-8-9-15(19)17(11-12)20-16-7-4-10-21-18-13(2)5-3-6-14(16)18/h3,5-6,8-9,11,16,20H,4,7,10H2,1-2H3. The fourth-order valence-corrected chi connectivity index (χ4v) is 3.02. The lowest BCUT2D eigenvalue weighted by atomic mass is 9.99. The van der Waals surface area contributed by atoms with Crippen LogP contribution in [-0.2, 0) is 0 Å². The molecule has 3 heteroatoms. The number of hydrogen-bond donors (Lipinski definition) is 1. The van der Waals surface area contributed by atoms with Gasteiger partial charge in [0.05, 0.1) is 23.4 Å². The average Bonchev–Trinajstić information content (AvgIpc) is 2.67. The molecule has 0 radical (unpaired) electrons. The summed E-state index contributed by atoms with van der Waals surface area (Å²) in [6.07, 6.45) is 2.08. The van der Waals surface area contributed by atoms with E-state index in [0.29, 0.717) is 0 Å². The van der Waals surface area contributed by atoms with Crippen LogP contribution in [0.5, 0.6) is 5.75 Å². The quantitative estimate of drug-likeness (QED) is 0.814. The molecule has 2 nitrogen and oxygen atoms in total. The van der Waals surface area contributed by atoms with Gasteiger partial charge in [-0.05, 0) is 49.9 Å². The van der Waals surface area contributed by atoms with E-state index in [9.17, 15) is 0 Å². The average molecular weight is 302 g/mol. The van der Waals surface area contributed by atoms with Crippen molar-refractivity contribution in [2.75, 3.05) is 11.9 Å². The first kappa shape index (κ1) is 14.3. The predicted octanol–water partition coefficient (Wildman–Crippen LogP) is 5.28. The van der Waals surface area contributed by atoms with E-state index in [4.69, 9.17) is 16.3 Å². The van der Waals surface area contributed by atoms with Crippen LogP contribution in [0.2, 0.25) is 5.02 Å². The highest BCUT2D eigenvalue weighted by Gasteiger charge is 2.21. The molecule has 0 fully saturated rings. The second kappa shape index (κ2) is 5.98. The minimum absolute atomic E-state index is 0.238. The Labute approximate surface area is 131 Å². The predicted molar refractivity (Wildman–Crippen MR) is 88.5 cm³/mol. The molecule has 3 rings (SSSR count). The van der Waals surface area contributed by atoms with Gasteiger partial charge in [-0.15, -0.1) is 0 Å². The smallest absolute Gasteiger partial charge is 0.127 e. The molecule has 0 aliphatic carbocycles. The molecule has 1 heterocycles. The third-order valence-electron chi connectivity index (χ3n) is 3.95. The zero-order chi connectivity index (χ0) is 14.8. The van der Waals surface area contributed by atoms with Gasteiger partial charge in [0, 0.05) is 5.56 Å². The molecule has 2 aromatic carbocycles. The number of aryl methyl sites for hydroxylation is 2. The summed E-state index contributed by atoms with van der Waals surface area (Å²) < 4.78 is 5.93. The van der Waals surface area contributed by atoms with E-state index in [1.165, 1.54) is 16.7 Å². The molecule has 21 heavy (non-hydrogen) atoms. The van der Waals surface area contributed by atoms with Crippen LogP contribution in [0.15, 0.2) is 36.4 Å². The van der Waals surface area contributed by atoms with Crippen molar-refractivity contribution in [3.05, 3.63) is 58.1 Å². The molecule has 2 aromatic rings. The van der Waals surface area contributed by atoms with Crippen LogP contribution in [-0.4, -0.2) is 6.61 Å². The molecule has 0 spiro atoms. The molecule has 0 saturated heterocycles. The van der Waals surface area contributed by atoms with Crippen molar-refractivity contribution in [2.45, 2.75) is 32.7 Å². The molecule has 1 aliphatic heterocycles. The lowest BCUT2D eigenvalue weighted by molar-refractivity contribution is 0.314. The van der Waals surface area contributed by atoms with Gasteiger partial charge in [-0.3, -0.25) is 0 Å². The number of ether oxygens (including phenoxy) is 1. The van der Waals surface area contributed by atoms with Crippen LogP contribution < -0.4 is 10.1 Å². The minimum atomic E-state index is 0.238. The van der Waals surface area contributed by atoms with Crippen LogP contribution in [0.4, 0.5) is 5.69 Å². The highest BCUT2D eigenvalue weighted by molar-refractivity contribution is 6.33. The fourth-order valence-electron chi connectivity index (χ4n) is 2.85. The third-order valence-corrected chi connectivity index (χ3v) is 4.28. The normalized spacial score (nSPS) is 17.6. The zero-order valence-electron chi connectivity index (χ0n) is 12.4. The lowest BCUT2D eigenvalue weighted by Crippen LogP contribution is -2.11. The maximum atomic E-state index is 6.32. The van der Waals surface area contributed by atoms with Crippen molar-refractivity contribution >= 4 is 17.3 Å². The number of anilines is 1. The Bertz CT molecular complexity index is 654. The zero-order valence-corrected chi connectivity index (χ0v) is 13.2. The van der Waals surface area contributed by atoms with Crippen LogP contribution in [0.1, 0.15) is 35.6 Å². The molecular weight excluding hydrogens is 282 g/mol. The summed E-state index contributed by atoms with van der Waals surface area (Å²) in [7, 11) is 0. The van der Waals surface area contributed by atoms with Crippen molar-refractivity contribution in [1.82, 2.24) is 0 Å². The molecule has 0 amide bonds. The molecule has 1 unspecified atom stereocenters. The minimum Gasteiger partial charge on any atom is -0.493 e. The summed E-state index contributed by atoms with van der Waals surface area (Å²) in [5, 5.41) is 4.37. The van der Waals surface area contributed by atoms with Crippen LogP contribution in [0, 0.1) is 13.8 Å². The van der Waals surface area contributed by atoms with Crippen molar-refractivity contribution in [1.29, 1.82) is 0 Å². The van der Waals surface area contributed by atoms with E-state index in [1.807, 2.05) is 12.1 Å². The highest BCUT2D eigenvalue weighted by atomic mass is 35.5. The molecule has 0 saturated carbocycles. The summed E-state index contributed by atoms with van der Waals surface area (Å²) in [6, 6.07) is 12.7. The van der Waals surface area contributed by atoms with Crippen LogP contribution >= 0.6 is 11.6 Å². The van der Waals surface area contributed by atoms with E-state index < -0.39 is 0 Å². The summed E-state index contributed by atoms with van der Waals surface area (Å²) >= 11 is 6.32. The maximum Gasteiger partial charge on any atom is 0.127 e. The Morgan fingerprint density at radius 3 is 2.90 bits per heavy atom. The maximum absolute atomic E-state index is 6.32. The van der Waals surface area contributed by atoms with E-state index in [0.717, 1.165) is 35.9 Å². The molecule has 1 aliphatic rings. The Balaban J connectivity index is 1.96. The lowest BCUT2D eigenvalue weighted by Gasteiger charge is -2.21. The van der Waals surface area contributed by atoms with E-state index in [2.05, 4.69) is 43.4 Å². The topological polar surface area (TPSA) is 21.3 Å². The van der Waals surface area contributed by atoms with Gasteiger partial charge in [-0.25, -0.2) is 0 Å². The number of nitrogens with one attached hydrogen (secondary N) is 1. The Hall–Kier alpha value is -1.67. The monoisotopic (exact) mass is 301 g/mol. The van der Waals surface area contributed by atoms with Crippen molar-refractivity contribution in [3.63, 3.8) is 0 Å². The van der Waals surface area contributed by atoms with E-state index in [1.54, 1.807) is 0 Å². The van der Waals surface area contributed by atoms with Gasteiger partial charge in [0.2, 0.25) is 0 Å². The first-order chi connectivity index (χ1) is 10.1. The van der Waals surface area contributed by atoms with E-state index in [-0.39, 0.29) is 6.04 Å². The number of rotatable bonds is 2. The van der Waals surface area contributed by atoms with Gasteiger partial charge in [-0.1, -0.05) is 35.9 Å². The van der Waals surface area contributed by atoms with Gasteiger partial charge >= 0.3 is 0 Å². The molecule has 1 N–H and O–H groups in total. The first-order valence-electron chi connectivity index (χ1n) is 7.40. The Kier molecular flexibility index (Phi) is 4.07. The van der Waals surface area contributed by atoms with Gasteiger partial charge in [0.25, 0.3) is 0 Å². The number of halogens is 1. The SMILES string of the molecule is Cc1ccc(Cl)c(NC2CCCOc3c(C)cccc32)c1. The molecule has 0 bridgehead atoms. The van der Waals surface area contributed by atoms with Gasteiger partial charge in [-0.2, -0.15) is 0 Å². The van der Waals surface area contributed by atoms with Gasteiger partial charge in [0.1, 0.15) is 5.75 Å². The van der Waals surface area contributed by atoms with E-state index >= 15 is 0 Å². The molecule has 0 aromatic heterocycles. The third kappa shape index (κ3) is 3.01. The highest BCUT2D eigenvalue weighted by Crippen LogP contribution is 2.37. The van der Waals surface area contributed by atoms with Crippen molar-refractivity contribution in [3.8, 4) is 5.75 Å². The Morgan fingerprint density at radius 1 is 1.19 bits per heavy atom. The fraction of sp³-hybridized carbons (Fsp3) is 0.333. The van der Waals surface area contributed by atoms with Gasteiger partial charge < -0.3 is 10.1 Å². The first-order valence-corrected chi connectivity index (χ1v) is 7.78. The largest absolute Gasteiger partial charge is 0.493 e. The van der Waals surface area contributed by atoms with Crippen LogP contribution in [0.3, 0.4) is 0 Å². The van der Waals surface area contributed by atoms with Crippen molar-refractivity contribution in [2.24, 2.45) is 0 Å². The number of hydrogen-bond acceptors (Lipinski definition) is 2. The molecule has 110 valence electrons. The Morgan fingerprint density at radius 2 is 2.05 bits per heavy atom. The van der Waals surface area contributed by atoms with Gasteiger partial charge in [0.15, 0.2) is 0 Å². The number of benzene rings is 2. The van der Waals surface area contributed by atoms with Crippen molar-refractivity contribution < 1.29 is 4.74 Å². The second-order valence-corrected chi connectivity index (χ2v) is 6.07. The number of para-hydroxylation sites is 1.